The molecule has 4 rings (SSSR count). The summed E-state index contributed by atoms with van der Waals surface area (Å²) in [5.74, 6) is 3.67. The van der Waals surface area contributed by atoms with Crippen LogP contribution in [0.5, 0.6) is 0 Å². The largest absolute Gasteiger partial charge is 0.390 e. The van der Waals surface area contributed by atoms with Crippen LogP contribution in [0.15, 0.2) is 11.6 Å². The predicted molar refractivity (Wildman–Crippen MR) is 122 cm³/mol. The number of hydrogen-bond acceptors (Lipinski definition) is 3. The van der Waals surface area contributed by atoms with Crippen molar-refractivity contribution in [3.8, 4) is 0 Å². The molecule has 10 atom stereocenters. The van der Waals surface area contributed by atoms with Crippen molar-refractivity contribution < 1.29 is 15.3 Å². The van der Waals surface area contributed by atoms with E-state index in [1.54, 1.807) is 0 Å². The zero-order valence-corrected chi connectivity index (χ0v) is 20.0. The summed E-state index contributed by atoms with van der Waals surface area (Å²) < 4.78 is 0. The number of aliphatic hydroxyl groups excluding tert-OH is 3. The molecule has 3 N–H and O–H groups in total. The summed E-state index contributed by atoms with van der Waals surface area (Å²) in [5, 5.41) is 32.2. The molecule has 3 heteroatoms. The molecular formula is C27H46O3. The van der Waals surface area contributed by atoms with E-state index in [9.17, 15) is 15.3 Å². The second-order valence-electron chi connectivity index (χ2n) is 12.4. The average molecular weight is 419 g/mol. The first kappa shape index (κ1) is 22.8. The minimum atomic E-state index is -0.801. The Balaban J connectivity index is 1.56. The third kappa shape index (κ3) is 3.52. The van der Waals surface area contributed by atoms with Crippen LogP contribution in [0.25, 0.3) is 0 Å². The van der Waals surface area contributed by atoms with E-state index in [1.165, 1.54) is 38.5 Å². The summed E-state index contributed by atoms with van der Waals surface area (Å²) in [6, 6.07) is 0. The first-order valence-corrected chi connectivity index (χ1v) is 12.9. The second kappa shape index (κ2) is 8.19. The number of rotatable bonds is 5. The molecule has 0 spiro atoms. The Hall–Kier alpha value is -0.380. The standard InChI is InChI=1S/C27H46O3/c1-16(2)7-6-8-17(3)18-9-10-19-24-20(11-13-26(18,19)4)27(5)14-12-22(28)25(30)21(27)15-23(24)29/h15-20,22-25,28-30H,6-14H2,1-5H3/t17-,18-,19+,20+,22+,23+,24+,25-,26-,27-/m1/s1. The molecule has 4 aliphatic carbocycles. The highest BCUT2D eigenvalue weighted by Gasteiger charge is 2.62. The highest BCUT2D eigenvalue weighted by Crippen LogP contribution is 2.67. The lowest BCUT2D eigenvalue weighted by Crippen LogP contribution is -2.57. The molecule has 0 radical (unpaired) electrons. The Morgan fingerprint density at radius 2 is 1.67 bits per heavy atom. The number of fused-ring (bicyclic) bond motifs is 5. The van der Waals surface area contributed by atoms with Crippen molar-refractivity contribution in [2.45, 2.75) is 111 Å². The quantitative estimate of drug-likeness (QED) is 0.529. The molecule has 0 saturated heterocycles. The molecule has 3 saturated carbocycles. The van der Waals surface area contributed by atoms with Crippen LogP contribution < -0.4 is 0 Å². The van der Waals surface area contributed by atoms with E-state index >= 15 is 0 Å². The summed E-state index contributed by atoms with van der Waals surface area (Å²) in [6.07, 6.45) is 10.6. The molecule has 4 aliphatic rings. The van der Waals surface area contributed by atoms with E-state index < -0.39 is 18.3 Å². The van der Waals surface area contributed by atoms with Crippen LogP contribution in [-0.4, -0.2) is 33.6 Å². The number of hydrogen-bond donors (Lipinski definition) is 3. The SMILES string of the molecule is CC(C)CCC[C@@H](C)[C@H]1CC[C@H]2[C@@H]3[C@@H](O)C=C4[C@@H](O)[C@@H](O)CC[C@]4(C)[C@H]3CC[C@]12C. The first-order valence-electron chi connectivity index (χ1n) is 12.9. The maximum atomic E-state index is 11.3. The first-order chi connectivity index (χ1) is 14.1. The minimum absolute atomic E-state index is 0.0646. The van der Waals surface area contributed by atoms with Crippen molar-refractivity contribution in [2.75, 3.05) is 0 Å². The summed E-state index contributed by atoms with van der Waals surface area (Å²) in [7, 11) is 0. The Kier molecular flexibility index (Phi) is 6.23. The van der Waals surface area contributed by atoms with E-state index in [1.807, 2.05) is 6.08 Å². The van der Waals surface area contributed by atoms with Gasteiger partial charge >= 0.3 is 0 Å². The van der Waals surface area contributed by atoms with Gasteiger partial charge in [0, 0.05) is 0 Å². The van der Waals surface area contributed by atoms with Crippen LogP contribution >= 0.6 is 0 Å². The fraction of sp³-hybridized carbons (Fsp3) is 0.926. The van der Waals surface area contributed by atoms with Gasteiger partial charge in [-0.1, -0.05) is 60.0 Å². The molecule has 0 heterocycles. The number of aliphatic hydroxyl groups is 3. The predicted octanol–water partition coefficient (Wildman–Crippen LogP) is 5.33. The molecule has 0 aromatic rings. The van der Waals surface area contributed by atoms with Crippen molar-refractivity contribution in [3.63, 3.8) is 0 Å². The van der Waals surface area contributed by atoms with Crippen LogP contribution in [0, 0.1) is 46.3 Å². The van der Waals surface area contributed by atoms with Crippen molar-refractivity contribution in [1.29, 1.82) is 0 Å². The topological polar surface area (TPSA) is 60.7 Å². The molecule has 172 valence electrons. The Bertz CT molecular complexity index is 656. The fourth-order valence-electron chi connectivity index (χ4n) is 8.72. The summed E-state index contributed by atoms with van der Waals surface area (Å²) in [4.78, 5) is 0. The zero-order valence-electron chi connectivity index (χ0n) is 20.0. The third-order valence-corrected chi connectivity index (χ3v) is 10.4. The van der Waals surface area contributed by atoms with Gasteiger partial charge in [-0.05, 0) is 90.4 Å². The van der Waals surface area contributed by atoms with Gasteiger partial charge in [0.15, 0.2) is 0 Å². The van der Waals surface area contributed by atoms with Crippen LogP contribution in [-0.2, 0) is 0 Å². The summed E-state index contributed by atoms with van der Waals surface area (Å²) >= 11 is 0. The van der Waals surface area contributed by atoms with Gasteiger partial charge in [0.2, 0.25) is 0 Å². The molecule has 0 aromatic carbocycles. The van der Waals surface area contributed by atoms with Crippen LogP contribution in [0.1, 0.15) is 92.4 Å². The maximum Gasteiger partial charge on any atom is 0.101 e. The lowest BCUT2D eigenvalue weighted by molar-refractivity contribution is -0.112. The van der Waals surface area contributed by atoms with Crippen LogP contribution in [0.2, 0.25) is 0 Å². The molecule has 0 amide bonds. The maximum absolute atomic E-state index is 11.3. The van der Waals surface area contributed by atoms with Crippen LogP contribution in [0.3, 0.4) is 0 Å². The summed E-state index contributed by atoms with van der Waals surface area (Å²) in [6.45, 7) is 12.0. The average Bonchev–Trinajstić information content (AvgIpc) is 3.03. The lowest BCUT2D eigenvalue weighted by atomic mass is 9.46. The third-order valence-electron chi connectivity index (χ3n) is 10.4. The molecule has 3 fully saturated rings. The van der Waals surface area contributed by atoms with Crippen LogP contribution in [0.4, 0.5) is 0 Å². The summed E-state index contributed by atoms with van der Waals surface area (Å²) in [5.41, 5.74) is 1.20. The van der Waals surface area contributed by atoms with Crippen molar-refractivity contribution >= 4 is 0 Å². The van der Waals surface area contributed by atoms with Gasteiger partial charge < -0.3 is 15.3 Å². The Morgan fingerprint density at radius 3 is 2.37 bits per heavy atom. The van der Waals surface area contributed by atoms with Crippen molar-refractivity contribution in [2.24, 2.45) is 46.3 Å². The highest BCUT2D eigenvalue weighted by molar-refractivity contribution is 5.31. The van der Waals surface area contributed by atoms with Gasteiger partial charge in [0.1, 0.15) is 6.10 Å². The highest BCUT2D eigenvalue weighted by atomic mass is 16.3. The van der Waals surface area contributed by atoms with E-state index in [4.69, 9.17) is 0 Å². The van der Waals surface area contributed by atoms with Gasteiger partial charge in [-0.25, -0.2) is 0 Å². The smallest absolute Gasteiger partial charge is 0.101 e. The molecule has 0 bridgehead atoms. The minimum Gasteiger partial charge on any atom is -0.390 e. The van der Waals surface area contributed by atoms with E-state index in [0.717, 1.165) is 36.2 Å². The van der Waals surface area contributed by atoms with Crippen molar-refractivity contribution in [3.05, 3.63) is 11.6 Å². The lowest BCUT2D eigenvalue weighted by Gasteiger charge is -2.60. The molecule has 0 aliphatic heterocycles. The van der Waals surface area contributed by atoms with Gasteiger partial charge in [-0.15, -0.1) is 0 Å². The fourth-order valence-corrected chi connectivity index (χ4v) is 8.72. The van der Waals surface area contributed by atoms with E-state index in [0.29, 0.717) is 29.6 Å². The van der Waals surface area contributed by atoms with Crippen molar-refractivity contribution in [1.82, 2.24) is 0 Å². The molecule has 0 aromatic heterocycles. The molecule has 30 heavy (non-hydrogen) atoms. The van der Waals surface area contributed by atoms with Gasteiger partial charge in [0.25, 0.3) is 0 Å². The van der Waals surface area contributed by atoms with Gasteiger partial charge in [-0.2, -0.15) is 0 Å². The Morgan fingerprint density at radius 1 is 0.933 bits per heavy atom. The zero-order chi connectivity index (χ0) is 21.8. The van der Waals surface area contributed by atoms with E-state index in [2.05, 4.69) is 34.6 Å². The molecule has 3 nitrogen and oxygen atoms in total. The monoisotopic (exact) mass is 418 g/mol. The normalized spacial score (nSPS) is 49.2. The second-order valence-corrected chi connectivity index (χ2v) is 12.4. The van der Waals surface area contributed by atoms with Gasteiger partial charge in [-0.3, -0.25) is 0 Å². The molecule has 0 unspecified atom stereocenters. The van der Waals surface area contributed by atoms with Gasteiger partial charge in [0.05, 0.1) is 12.2 Å². The van der Waals surface area contributed by atoms with E-state index in [-0.39, 0.29) is 5.41 Å². The Labute approximate surface area is 184 Å². The molecular weight excluding hydrogens is 372 g/mol.